The van der Waals surface area contributed by atoms with Crippen LogP contribution in [-0.4, -0.2) is 23.7 Å². The number of ether oxygens (including phenoxy) is 1. The van der Waals surface area contributed by atoms with Crippen LogP contribution in [-0.2, 0) is 0 Å². The smallest absolute Gasteiger partial charge is 0.239 e. The van der Waals surface area contributed by atoms with E-state index in [4.69, 9.17) is 10.5 Å². The van der Waals surface area contributed by atoms with Gasteiger partial charge in [-0.2, -0.15) is 4.98 Å². The maximum absolute atomic E-state index is 5.79. The van der Waals surface area contributed by atoms with Crippen molar-refractivity contribution in [2.24, 2.45) is 0 Å². The normalized spacial score (nSPS) is 15.6. The molecule has 1 aromatic rings. The first-order valence-electron chi connectivity index (χ1n) is 5.57. The van der Waals surface area contributed by atoms with Gasteiger partial charge in [0.15, 0.2) is 0 Å². The van der Waals surface area contributed by atoms with Gasteiger partial charge < -0.3 is 15.4 Å². The van der Waals surface area contributed by atoms with Gasteiger partial charge in [-0.1, -0.05) is 0 Å². The van der Waals surface area contributed by atoms with Crippen molar-refractivity contribution in [1.29, 1.82) is 0 Å². The minimum atomic E-state index is 0.0722. The van der Waals surface area contributed by atoms with E-state index in [1.165, 1.54) is 0 Å². The molecule has 0 aliphatic carbocycles. The monoisotopic (exact) mass is 221 g/mol. The van der Waals surface area contributed by atoms with Gasteiger partial charge in [0.2, 0.25) is 5.88 Å². The molecule has 4 heteroatoms. The molecular weight excluding hydrogens is 202 g/mol. The van der Waals surface area contributed by atoms with Gasteiger partial charge in [0, 0.05) is 5.54 Å². The molecule has 0 atom stereocenters. The lowest BCUT2D eigenvalue weighted by Gasteiger charge is -2.40. The molecule has 16 heavy (non-hydrogen) atoms. The van der Waals surface area contributed by atoms with E-state index < -0.39 is 0 Å². The predicted molar refractivity (Wildman–Crippen MR) is 66.0 cm³/mol. The van der Waals surface area contributed by atoms with Crippen LogP contribution in [0.5, 0.6) is 5.88 Å². The maximum atomic E-state index is 5.79. The second kappa shape index (κ2) is 3.54. The fourth-order valence-corrected chi connectivity index (χ4v) is 1.95. The summed E-state index contributed by atoms with van der Waals surface area (Å²) in [5, 5.41) is 0. The van der Waals surface area contributed by atoms with E-state index >= 15 is 0 Å². The van der Waals surface area contributed by atoms with Crippen molar-refractivity contribution < 1.29 is 4.74 Å². The Morgan fingerprint density at radius 3 is 2.75 bits per heavy atom. The second-order valence-electron chi connectivity index (χ2n) is 5.19. The van der Waals surface area contributed by atoms with Gasteiger partial charge in [0.1, 0.15) is 18.1 Å². The van der Waals surface area contributed by atoms with E-state index in [-0.39, 0.29) is 5.54 Å². The summed E-state index contributed by atoms with van der Waals surface area (Å²) in [5.74, 6) is 1.21. The highest BCUT2D eigenvalue weighted by molar-refractivity contribution is 5.63. The molecule has 0 fully saturated rings. The zero-order chi connectivity index (χ0) is 11.9. The van der Waals surface area contributed by atoms with E-state index in [1.54, 1.807) is 0 Å². The molecule has 0 bridgehead atoms. The lowest BCUT2D eigenvalue weighted by atomic mass is 10.0. The summed E-state index contributed by atoms with van der Waals surface area (Å²) in [4.78, 5) is 6.60. The summed E-state index contributed by atoms with van der Waals surface area (Å²) in [5.41, 5.74) is 7.91. The van der Waals surface area contributed by atoms with E-state index in [2.05, 4.69) is 36.7 Å². The molecule has 1 aromatic heterocycles. The summed E-state index contributed by atoms with van der Waals surface area (Å²) in [6.45, 7) is 10.1. The van der Waals surface area contributed by atoms with Crippen LogP contribution in [0.2, 0.25) is 0 Å². The third-order valence-electron chi connectivity index (χ3n) is 2.85. The van der Waals surface area contributed by atoms with Crippen LogP contribution in [0.1, 0.15) is 26.3 Å². The average molecular weight is 221 g/mol. The van der Waals surface area contributed by atoms with Crippen molar-refractivity contribution in [3.8, 4) is 5.88 Å². The lowest BCUT2D eigenvalue weighted by Crippen LogP contribution is -2.46. The molecule has 2 N–H and O–H groups in total. The Labute approximate surface area is 96.4 Å². The van der Waals surface area contributed by atoms with Crippen molar-refractivity contribution in [3.63, 3.8) is 0 Å². The largest absolute Gasteiger partial charge is 0.474 e. The van der Waals surface area contributed by atoms with Gasteiger partial charge >= 0.3 is 0 Å². The molecule has 4 nitrogen and oxygen atoms in total. The Morgan fingerprint density at radius 1 is 1.44 bits per heavy atom. The molecule has 0 spiro atoms. The Bertz CT molecular complexity index is 409. The highest BCUT2D eigenvalue weighted by Gasteiger charge is 2.28. The van der Waals surface area contributed by atoms with E-state index in [1.807, 2.05) is 6.92 Å². The van der Waals surface area contributed by atoms with Crippen molar-refractivity contribution >= 4 is 11.5 Å². The second-order valence-corrected chi connectivity index (χ2v) is 5.19. The number of rotatable bonds is 0. The number of pyridine rings is 1. The Balaban J connectivity index is 2.50. The molecule has 2 heterocycles. The molecule has 1 aliphatic heterocycles. The van der Waals surface area contributed by atoms with Gasteiger partial charge in [-0.05, 0) is 39.3 Å². The minimum absolute atomic E-state index is 0.0722. The number of aromatic nitrogens is 1. The minimum Gasteiger partial charge on any atom is -0.474 e. The van der Waals surface area contributed by atoms with Gasteiger partial charge in [0.25, 0.3) is 0 Å². The number of nitrogens with two attached hydrogens (primary N) is 1. The third kappa shape index (κ3) is 1.79. The Morgan fingerprint density at radius 2 is 2.12 bits per heavy atom. The quantitative estimate of drug-likeness (QED) is 0.727. The first-order valence-corrected chi connectivity index (χ1v) is 5.57. The maximum Gasteiger partial charge on any atom is 0.239 e. The number of hydrogen-bond donors (Lipinski definition) is 1. The zero-order valence-corrected chi connectivity index (χ0v) is 10.4. The summed E-state index contributed by atoms with van der Waals surface area (Å²) in [7, 11) is 0. The van der Waals surface area contributed by atoms with E-state index in [0.29, 0.717) is 18.3 Å². The van der Waals surface area contributed by atoms with Crippen molar-refractivity contribution in [1.82, 2.24) is 4.98 Å². The summed E-state index contributed by atoms with van der Waals surface area (Å²) < 4.78 is 5.55. The van der Waals surface area contributed by atoms with Crippen LogP contribution < -0.4 is 15.4 Å². The number of aryl methyl sites for hydroxylation is 1. The summed E-state index contributed by atoms with van der Waals surface area (Å²) in [6.07, 6.45) is 0. The Kier molecular flexibility index (Phi) is 2.45. The third-order valence-corrected chi connectivity index (χ3v) is 2.85. The van der Waals surface area contributed by atoms with Crippen LogP contribution in [0.15, 0.2) is 6.07 Å². The summed E-state index contributed by atoms with van der Waals surface area (Å²) in [6, 6.07) is 2.06. The molecule has 0 saturated heterocycles. The van der Waals surface area contributed by atoms with Gasteiger partial charge in [-0.3, -0.25) is 0 Å². The number of nitrogens with zero attached hydrogens (tertiary/aromatic N) is 2. The summed E-state index contributed by atoms with van der Waals surface area (Å²) >= 11 is 0. The highest BCUT2D eigenvalue weighted by Crippen LogP contribution is 2.36. The number of anilines is 2. The van der Waals surface area contributed by atoms with Crippen molar-refractivity contribution in [2.75, 3.05) is 23.8 Å². The van der Waals surface area contributed by atoms with E-state index in [0.717, 1.165) is 17.8 Å². The number of nitrogen functional groups attached to an aromatic ring is 1. The molecule has 1 aliphatic rings. The first kappa shape index (κ1) is 11.0. The zero-order valence-electron chi connectivity index (χ0n) is 10.4. The Hall–Kier alpha value is -1.45. The van der Waals surface area contributed by atoms with Gasteiger partial charge in [0.05, 0.1) is 6.54 Å². The standard InChI is InChI=1S/C12H19N3O/c1-8-7-9-11(14-10(8)13)16-6-5-15(9)12(2,3)4/h7H,5-6H2,1-4H3,(H2,13,14). The fourth-order valence-electron chi connectivity index (χ4n) is 1.95. The number of hydrogen-bond acceptors (Lipinski definition) is 4. The molecule has 0 saturated carbocycles. The predicted octanol–water partition coefficient (Wildman–Crippen LogP) is 1.97. The van der Waals surface area contributed by atoms with Crippen LogP contribution in [0.3, 0.4) is 0 Å². The fraction of sp³-hybridized carbons (Fsp3) is 0.583. The highest BCUT2D eigenvalue weighted by atomic mass is 16.5. The van der Waals surface area contributed by atoms with Crippen LogP contribution >= 0.6 is 0 Å². The van der Waals surface area contributed by atoms with Crippen LogP contribution in [0.25, 0.3) is 0 Å². The van der Waals surface area contributed by atoms with Gasteiger partial charge in [-0.15, -0.1) is 0 Å². The number of fused-ring (bicyclic) bond motifs is 1. The van der Waals surface area contributed by atoms with Crippen LogP contribution in [0.4, 0.5) is 11.5 Å². The van der Waals surface area contributed by atoms with Crippen molar-refractivity contribution in [3.05, 3.63) is 11.6 Å². The van der Waals surface area contributed by atoms with E-state index in [9.17, 15) is 0 Å². The first-order chi connectivity index (χ1) is 7.39. The molecule has 0 radical (unpaired) electrons. The lowest BCUT2D eigenvalue weighted by molar-refractivity contribution is 0.279. The molecule has 88 valence electrons. The van der Waals surface area contributed by atoms with Crippen molar-refractivity contribution in [2.45, 2.75) is 33.2 Å². The molecule has 0 unspecified atom stereocenters. The SMILES string of the molecule is Cc1cc2c(nc1N)OCCN2C(C)(C)C. The topological polar surface area (TPSA) is 51.4 Å². The molecule has 0 aromatic carbocycles. The molecular formula is C12H19N3O. The molecule has 0 amide bonds. The molecule has 2 rings (SSSR count). The average Bonchev–Trinajstić information content (AvgIpc) is 2.17. The van der Waals surface area contributed by atoms with Gasteiger partial charge in [-0.25, -0.2) is 0 Å². The van der Waals surface area contributed by atoms with Crippen LogP contribution in [0, 0.1) is 6.92 Å².